The summed E-state index contributed by atoms with van der Waals surface area (Å²) in [5.41, 5.74) is 0.942. The molecule has 0 radical (unpaired) electrons. The van der Waals surface area contributed by atoms with Gasteiger partial charge in [-0.1, -0.05) is 18.2 Å². The Morgan fingerprint density at radius 1 is 1.12 bits per heavy atom. The number of rotatable bonds is 1. The van der Waals surface area contributed by atoms with E-state index in [0.29, 0.717) is 5.11 Å². The highest BCUT2D eigenvalue weighted by molar-refractivity contribution is 7.80. The highest BCUT2D eigenvalue weighted by Gasteiger charge is 2.45. The standard InChI is InChI=1S/C12H13N3S/c16-11-13-14-12(8-4-5-9-12)15(11)10-6-2-1-3-7-10/h1-3,6-7H,4-5,8-9H2. The van der Waals surface area contributed by atoms with Crippen LogP contribution in [0.2, 0.25) is 0 Å². The van der Waals surface area contributed by atoms with Gasteiger partial charge in [0.15, 0.2) is 5.66 Å². The Balaban J connectivity index is 2.02. The molecule has 1 heterocycles. The second kappa shape index (κ2) is 3.63. The molecule has 1 aliphatic heterocycles. The van der Waals surface area contributed by atoms with Crippen LogP contribution in [0.1, 0.15) is 25.7 Å². The van der Waals surface area contributed by atoms with Gasteiger partial charge in [0.1, 0.15) is 0 Å². The Morgan fingerprint density at radius 2 is 1.81 bits per heavy atom. The molecule has 1 saturated carbocycles. The van der Waals surface area contributed by atoms with Crippen molar-refractivity contribution in [2.45, 2.75) is 31.3 Å². The van der Waals surface area contributed by atoms with Crippen LogP contribution < -0.4 is 4.90 Å². The normalized spacial score (nSPS) is 22.2. The first-order valence-corrected chi connectivity index (χ1v) is 6.05. The molecule has 1 aliphatic carbocycles. The van der Waals surface area contributed by atoms with E-state index in [2.05, 4.69) is 27.3 Å². The van der Waals surface area contributed by atoms with Gasteiger partial charge in [-0.3, -0.25) is 4.90 Å². The quantitative estimate of drug-likeness (QED) is 0.692. The fourth-order valence-corrected chi connectivity index (χ4v) is 2.91. The van der Waals surface area contributed by atoms with E-state index in [-0.39, 0.29) is 5.66 Å². The number of hydrogen-bond acceptors (Lipinski definition) is 2. The maximum absolute atomic E-state index is 5.30. The minimum atomic E-state index is -0.168. The Bertz CT molecular complexity index is 435. The SMILES string of the molecule is S=C1N=NC2(CCCC2)N1c1ccccc1. The van der Waals surface area contributed by atoms with Gasteiger partial charge >= 0.3 is 0 Å². The van der Waals surface area contributed by atoms with E-state index in [0.717, 1.165) is 18.5 Å². The molecule has 82 valence electrons. The number of thiocarbonyl (C=S) groups is 1. The molecule has 3 nitrogen and oxygen atoms in total. The molecular weight excluding hydrogens is 218 g/mol. The summed E-state index contributed by atoms with van der Waals surface area (Å²) in [6, 6.07) is 10.2. The minimum Gasteiger partial charge on any atom is -0.288 e. The third kappa shape index (κ3) is 1.37. The molecule has 0 unspecified atom stereocenters. The van der Waals surface area contributed by atoms with Crippen molar-refractivity contribution in [2.75, 3.05) is 4.90 Å². The molecule has 3 rings (SSSR count). The second-order valence-corrected chi connectivity index (χ2v) is 4.71. The lowest BCUT2D eigenvalue weighted by molar-refractivity contribution is 0.464. The molecule has 16 heavy (non-hydrogen) atoms. The summed E-state index contributed by atoms with van der Waals surface area (Å²) < 4.78 is 0. The fourth-order valence-electron chi connectivity index (χ4n) is 2.60. The summed E-state index contributed by atoms with van der Waals surface area (Å²) in [6.07, 6.45) is 4.55. The number of anilines is 1. The predicted octanol–water partition coefficient (Wildman–Crippen LogP) is 3.51. The first kappa shape index (κ1) is 9.90. The Kier molecular flexibility index (Phi) is 2.24. The first-order valence-electron chi connectivity index (χ1n) is 5.64. The van der Waals surface area contributed by atoms with Crippen LogP contribution in [-0.2, 0) is 0 Å². The van der Waals surface area contributed by atoms with Crippen molar-refractivity contribution in [1.29, 1.82) is 0 Å². The van der Waals surface area contributed by atoms with Crippen molar-refractivity contribution < 1.29 is 0 Å². The van der Waals surface area contributed by atoms with Crippen molar-refractivity contribution in [3.8, 4) is 0 Å². The lowest BCUT2D eigenvalue weighted by atomic mass is 10.1. The molecule has 0 saturated heterocycles. The summed E-state index contributed by atoms with van der Waals surface area (Å²) in [4.78, 5) is 2.12. The molecular formula is C12H13N3S. The van der Waals surface area contributed by atoms with Crippen molar-refractivity contribution in [1.82, 2.24) is 0 Å². The number of para-hydroxylation sites is 1. The largest absolute Gasteiger partial charge is 0.288 e. The van der Waals surface area contributed by atoms with Crippen LogP contribution in [0.5, 0.6) is 0 Å². The molecule has 0 amide bonds. The van der Waals surface area contributed by atoms with E-state index in [1.54, 1.807) is 0 Å². The van der Waals surface area contributed by atoms with Crippen LogP contribution in [0.15, 0.2) is 40.6 Å². The minimum absolute atomic E-state index is 0.168. The lowest BCUT2D eigenvalue weighted by Crippen LogP contribution is -2.43. The maximum Gasteiger partial charge on any atom is 0.222 e. The summed E-state index contributed by atoms with van der Waals surface area (Å²) in [5.74, 6) is 0. The van der Waals surface area contributed by atoms with Crippen molar-refractivity contribution >= 4 is 23.0 Å². The zero-order valence-corrected chi connectivity index (χ0v) is 9.78. The van der Waals surface area contributed by atoms with Gasteiger partial charge in [-0.05, 0) is 50.0 Å². The summed E-state index contributed by atoms with van der Waals surface area (Å²) in [5, 5.41) is 9.13. The van der Waals surface area contributed by atoms with Gasteiger partial charge in [0, 0.05) is 5.69 Å². The number of azo groups is 1. The van der Waals surface area contributed by atoms with E-state index in [1.807, 2.05) is 18.2 Å². The van der Waals surface area contributed by atoms with Crippen LogP contribution in [0, 0.1) is 0 Å². The molecule has 0 atom stereocenters. The number of benzene rings is 1. The second-order valence-electron chi connectivity index (χ2n) is 4.34. The number of nitrogens with zero attached hydrogens (tertiary/aromatic N) is 3. The van der Waals surface area contributed by atoms with Gasteiger partial charge in [0.2, 0.25) is 5.11 Å². The van der Waals surface area contributed by atoms with Crippen molar-refractivity contribution in [2.24, 2.45) is 10.2 Å². The summed E-state index contributed by atoms with van der Waals surface area (Å²) in [7, 11) is 0. The van der Waals surface area contributed by atoms with E-state index >= 15 is 0 Å². The number of hydrogen-bond donors (Lipinski definition) is 0. The highest BCUT2D eigenvalue weighted by atomic mass is 32.1. The smallest absolute Gasteiger partial charge is 0.222 e. The molecule has 0 bridgehead atoms. The molecule has 1 aromatic rings. The highest BCUT2D eigenvalue weighted by Crippen LogP contribution is 2.43. The van der Waals surface area contributed by atoms with Gasteiger partial charge in [0.25, 0.3) is 0 Å². The van der Waals surface area contributed by atoms with E-state index in [4.69, 9.17) is 12.2 Å². The van der Waals surface area contributed by atoms with Crippen molar-refractivity contribution in [3.63, 3.8) is 0 Å². The average Bonchev–Trinajstić information content (AvgIpc) is 2.90. The molecule has 1 spiro atoms. The lowest BCUT2D eigenvalue weighted by Gasteiger charge is -2.32. The van der Waals surface area contributed by atoms with Crippen LogP contribution in [0.3, 0.4) is 0 Å². The maximum atomic E-state index is 5.30. The molecule has 0 aromatic heterocycles. The van der Waals surface area contributed by atoms with Crippen molar-refractivity contribution in [3.05, 3.63) is 30.3 Å². The predicted molar refractivity (Wildman–Crippen MR) is 67.6 cm³/mol. The zero-order chi connectivity index (χ0) is 11.0. The van der Waals surface area contributed by atoms with Gasteiger partial charge in [-0.25, -0.2) is 0 Å². The van der Waals surface area contributed by atoms with Crippen LogP contribution in [0.4, 0.5) is 5.69 Å². The average molecular weight is 231 g/mol. The molecule has 1 fully saturated rings. The van der Waals surface area contributed by atoms with E-state index in [9.17, 15) is 0 Å². The van der Waals surface area contributed by atoms with Gasteiger partial charge < -0.3 is 0 Å². The van der Waals surface area contributed by atoms with Crippen LogP contribution >= 0.6 is 12.2 Å². The summed E-state index contributed by atoms with van der Waals surface area (Å²) in [6.45, 7) is 0. The van der Waals surface area contributed by atoms with Crippen LogP contribution in [0.25, 0.3) is 0 Å². The third-order valence-electron chi connectivity index (χ3n) is 3.35. The van der Waals surface area contributed by atoms with E-state index < -0.39 is 0 Å². The Morgan fingerprint density at radius 3 is 2.50 bits per heavy atom. The molecule has 2 aliphatic rings. The topological polar surface area (TPSA) is 28.0 Å². The monoisotopic (exact) mass is 231 g/mol. The van der Waals surface area contributed by atoms with Gasteiger partial charge in [-0.15, -0.1) is 5.11 Å². The Hall–Kier alpha value is -1.29. The molecule has 0 N–H and O–H groups in total. The van der Waals surface area contributed by atoms with Crippen LogP contribution in [-0.4, -0.2) is 10.8 Å². The van der Waals surface area contributed by atoms with E-state index in [1.165, 1.54) is 12.8 Å². The molecule has 4 heteroatoms. The fraction of sp³-hybridized carbons (Fsp3) is 0.417. The molecule has 1 aromatic carbocycles. The summed E-state index contributed by atoms with van der Waals surface area (Å²) >= 11 is 5.30. The zero-order valence-electron chi connectivity index (χ0n) is 8.97. The third-order valence-corrected chi connectivity index (χ3v) is 3.61. The Labute approximate surface area is 100 Å². The van der Waals surface area contributed by atoms with Gasteiger partial charge in [0.05, 0.1) is 0 Å². The van der Waals surface area contributed by atoms with Gasteiger partial charge in [-0.2, -0.15) is 5.11 Å². The first-order chi connectivity index (χ1) is 7.82.